The van der Waals surface area contributed by atoms with Gasteiger partial charge in [0.05, 0.1) is 23.6 Å². The van der Waals surface area contributed by atoms with Crippen LogP contribution in [0, 0.1) is 5.82 Å². The van der Waals surface area contributed by atoms with Gasteiger partial charge in [-0.3, -0.25) is 9.69 Å². The Balaban J connectivity index is 1.76. The second-order valence-corrected chi connectivity index (χ2v) is 6.00. The second kappa shape index (κ2) is 7.87. The fourth-order valence-corrected chi connectivity index (χ4v) is 2.85. The first kappa shape index (κ1) is 16.4. The molecule has 1 fully saturated rings. The number of carboxylic acids is 1. The Bertz CT molecular complexity index is 490. The molecule has 0 atom stereocenters. The molecule has 0 saturated carbocycles. The van der Waals surface area contributed by atoms with Crippen LogP contribution in [-0.2, 0) is 16.1 Å². The monoisotopic (exact) mass is 359 g/mol. The molecule has 1 aliphatic rings. The normalized spacial score (nSPS) is 17.0. The quantitative estimate of drug-likeness (QED) is 0.847. The molecule has 1 aromatic carbocycles. The number of nitrogens with zero attached hydrogens (tertiary/aromatic N) is 1. The van der Waals surface area contributed by atoms with Crippen molar-refractivity contribution in [1.29, 1.82) is 0 Å². The summed E-state index contributed by atoms with van der Waals surface area (Å²) < 4.78 is 19.6. The van der Waals surface area contributed by atoms with E-state index in [2.05, 4.69) is 20.8 Å². The number of rotatable bonds is 6. The van der Waals surface area contributed by atoms with Crippen molar-refractivity contribution in [2.24, 2.45) is 0 Å². The first-order valence-corrected chi connectivity index (χ1v) is 7.84. The highest BCUT2D eigenvalue weighted by molar-refractivity contribution is 9.10. The van der Waals surface area contributed by atoms with Crippen molar-refractivity contribution < 1.29 is 19.0 Å². The lowest BCUT2D eigenvalue weighted by Gasteiger charge is -2.32. The molecule has 116 valence electrons. The highest BCUT2D eigenvalue weighted by Gasteiger charge is 2.20. The van der Waals surface area contributed by atoms with E-state index in [0.29, 0.717) is 11.0 Å². The number of hydrogen-bond acceptors (Lipinski definition) is 3. The lowest BCUT2D eigenvalue weighted by Crippen LogP contribution is -2.36. The van der Waals surface area contributed by atoms with Gasteiger partial charge >= 0.3 is 5.97 Å². The van der Waals surface area contributed by atoms with Crippen molar-refractivity contribution >= 4 is 21.9 Å². The molecule has 0 spiro atoms. The number of likely N-dealkylation sites (tertiary alicyclic amines) is 1. The molecule has 0 aromatic heterocycles. The van der Waals surface area contributed by atoms with Crippen LogP contribution in [0.4, 0.5) is 4.39 Å². The predicted octanol–water partition coefficient (Wildman–Crippen LogP) is 3.04. The zero-order chi connectivity index (χ0) is 15.2. The zero-order valence-corrected chi connectivity index (χ0v) is 13.3. The Morgan fingerprint density at radius 3 is 2.81 bits per heavy atom. The van der Waals surface area contributed by atoms with E-state index in [4.69, 9.17) is 9.84 Å². The molecule has 2 rings (SSSR count). The largest absolute Gasteiger partial charge is 0.481 e. The van der Waals surface area contributed by atoms with Gasteiger partial charge in [0.25, 0.3) is 0 Å². The van der Waals surface area contributed by atoms with Gasteiger partial charge in [0, 0.05) is 19.6 Å². The van der Waals surface area contributed by atoms with Crippen LogP contribution in [0.15, 0.2) is 22.7 Å². The van der Waals surface area contributed by atoms with Gasteiger partial charge in [-0.05, 0) is 40.4 Å². The van der Waals surface area contributed by atoms with E-state index in [0.717, 1.165) is 31.5 Å². The minimum Gasteiger partial charge on any atom is -0.481 e. The Morgan fingerprint density at radius 1 is 1.43 bits per heavy atom. The van der Waals surface area contributed by atoms with Gasteiger partial charge in [0.1, 0.15) is 5.82 Å². The third-order valence-electron chi connectivity index (χ3n) is 3.63. The summed E-state index contributed by atoms with van der Waals surface area (Å²) in [7, 11) is 0. The van der Waals surface area contributed by atoms with E-state index < -0.39 is 5.97 Å². The molecule has 1 N–H and O–H groups in total. The van der Waals surface area contributed by atoms with E-state index in [1.54, 1.807) is 6.07 Å². The summed E-state index contributed by atoms with van der Waals surface area (Å²) in [6.45, 7) is 2.73. The van der Waals surface area contributed by atoms with Crippen LogP contribution in [0.3, 0.4) is 0 Å². The third kappa shape index (κ3) is 5.05. The Kier molecular flexibility index (Phi) is 6.14. The topological polar surface area (TPSA) is 49.8 Å². The van der Waals surface area contributed by atoms with Gasteiger partial charge < -0.3 is 9.84 Å². The van der Waals surface area contributed by atoms with Crippen molar-refractivity contribution in [2.75, 3.05) is 19.7 Å². The van der Waals surface area contributed by atoms with Gasteiger partial charge in [-0.2, -0.15) is 0 Å². The van der Waals surface area contributed by atoms with Crippen molar-refractivity contribution in [1.82, 2.24) is 4.90 Å². The van der Waals surface area contributed by atoms with Crippen LogP contribution in [-0.4, -0.2) is 41.8 Å². The smallest absolute Gasteiger partial charge is 0.305 e. The maximum absolute atomic E-state index is 13.5. The number of aliphatic carboxylic acids is 1. The van der Waals surface area contributed by atoms with Gasteiger partial charge in [-0.1, -0.05) is 12.1 Å². The summed E-state index contributed by atoms with van der Waals surface area (Å²) >= 11 is 3.28. The Morgan fingerprint density at radius 2 is 2.14 bits per heavy atom. The lowest BCUT2D eigenvalue weighted by molar-refractivity contribution is -0.138. The van der Waals surface area contributed by atoms with Crippen LogP contribution in [0.25, 0.3) is 0 Å². The Hall–Kier alpha value is -0.980. The van der Waals surface area contributed by atoms with Crippen LogP contribution in [0.2, 0.25) is 0 Å². The summed E-state index contributed by atoms with van der Waals surface area (Å²) in [6.07, 6.45) is 1.95. The molecule has 1 heterocycles. The van der Waals surface area contributed by atoms with Crippen molar-refractivity contribution in [3.8, 4) is 0 Å². The summed E-state index contributed by atoms with van der Waals surface area (Å²) in [4.78, 5) is 12.7. The first-order chi connectivity index (χ1) is 10.1. The van der Waals surface area contributed by atoms with Crippen LogP contribution in [0.1, 0.15) is 24.8 Å². The number of ether oxygens (including phenoxy) is 1. The predicted molar refractivity (Wildman–Crippen MR) is 80.6 cm³/mol. The number of benzene rings is 1. The average molecular weight is 360 g/mol. The first-order valence-electron chi connectivity index (χ1n) is 7.05. The molecule has 0 unspecified atom stereocenters. The maximum atomic E-state index is 13.5. The van der Waals surface area contributed by atoms with Crippen molar-refractivity contribution in [2.45, 2.75) is 31.9 Å². The highest BCUT2D eigenvalue weighted by Crippen LogP contribution is 2.23. The fourth-order valence-electron chi connectivity index (χ4n) is 2.46. The van der Waals surface area contributed by atoms with E-state index in [9.17, 15) is 9.18 Å². The van der Waals surface area contributed by atoms with Crippen molar-refractivity contribution in [3.05, 3.63) is 34.1 Å². The molecule has 0 bridgehead atoms. The molecule has 21 heavy (non-hydrogen) atoms. The molecule has 6 heteroatoms. The molecule has 0 aliphatic carbocycles. The van der Waals surface area contributed by atoms with Gasteiger partial charge in [0.2, 0.25) is 0 Å². The highest BCUT2D eigenvalue weighted by atomic mass is 79.9. The average Bonchev–Trinajstić information content (AvgIpc) is 2.45. The number of hydrogen-bond donors (Lipinski definition) is 1. The maximum Gasteiger partial charge on any atom is 0.305 e. The van der Waals surface area contributed by atoms with E-state index in [1.165, 1.54) is 6.07 Å². The molecule has 0 radical (unpaired) electrons. The standard InChI is InChI=1S/C15H19BrFNO3/c16-15-11(2-1-3-13(15)17)10-18-7-4-12(5-8-18)21-9-6-14(19)20/h1-3,12H,4-10H2,(H,19,20). The molecular formula is C15H19BrFNO3. The van der Waals surface area contributed by atoms with Crippen LogP contribution in [0.5, 0.6) is 0 Å². The number of halogens is 2. The van der Waals surface area contributed by atoms with Crippen LogP contribution >= 0.6 is 15.9 Å². The Labute approximate surface area is 132 Å². The van der Waals surface area contributed by atoms with Gasteiger partial charge in [-0.25, -0.2) is 4.39 Å². The summed E-state index contributed by atoms with van der Waals surface area (Å²) in [5.41, 5.74) is 0.945. The van der Waals surface area contributed by atoms with Gasteiger partial charge in [-0.15, -0.1) is 0 Å². The molecular weight excluding hydrogens is 341 g/mol. The van der Waals surface area contributed by atoms with E-state index in [-0.39, 0.29) is 24.9 Å². The minimum absolute atomic E-state index is 0.0520. The third-order valence-corrected chi connectivity index (χ3v) is 4.52. The summed E-state index contributed by atoms with van der Waals surface area (Å²) in [6, 6.07) is 5.08. The molecule has 0 amide bonds. The molecule has 1 aromatic rings. The van der Waals surface area contributed by atoms with Crippen LogP contribution < -0.4 is 0 Å². The second-order valence-electron chi connectivity index (χ2n) is 5.20. The van der Waals surface area contributed by atoms with Gasteiger partial charge in [0.15, 0.2) is 0 Å². The fraction of sp³-hybridized carbons (Fsp3) is 0.533. The van der Waals surface area contributed by atoms with E-state index in [1.807, 2.05) is 6.07 Å². The minimum atomic E-state index is -0.830. The summed E-state index contributed by atoms with van der Waals surface area (Å²) in [5, 5.41) is 8.57. The number of carboxylic acid groups (broad SMARTS) is 1. The van der Waals surface area contributed by atoms with Crippen molar-refractivity contribution in [3.63, 3.8) is 0 Å². The number of carbonyl (C=O) groups is 1. The SMILES string of the molecule is O=C(O)CCOC1CCN(Cc2cccc(F)c2Br)CC1. The summed E-state index contributed by atoms with van der Waals surface area (Å²) in [5.74, 6) is -1.07. The molecule has 1 aliphatic heterocycles. The zero-order valence-electron chi connectivity index (χ0n) is 11.7. The molecule has 1 saturated heterocycles. The lowest BCUT2D eigenvalue weighted by atomic mass is 10.1. The molecule has 4 nitrogen and oxygen atoms in total. The van der Waals surface area contributed by atoms with E-state index >= 15 is 0 Å². The number of piperidine rings is 1.